The molecule has 1 aliphatic carbocycles. The molecule has 1 fully saturated rings. The average Bonchev–Trinajstić information content (AvgIpc) is 3.33. The molecule has 2 aromatic rings. The Morgan fingerprint density at radius 1 is 1.19 bits per heavy atom. The van der Waals surface area contributed by atoms with Gasteiger partial charge in [-0.25, -0.2) is 0 Å². The van der Waals surface area contributed by atoms with Crippen LogP contribution in [-0.2, 0) is 17.6 Å². The van der Waals surface area contributed by atoms with Gasteiger partial charge < -0.3 is 5.32 Å². The van der Waals surface area contributed by atoms with E-state index in [0.717, 1.165) is 36.7 Å². The van der Waals surface area contributed by atoms with Gasteiger partial charge in [-0.3, -0.25) is 9.69 Å². The average molecular weight is 372 g/mol. The summed E-state index contributed by atoms with van der Waals surface area (Å²) >= 11 is 1.60. The zero-order valence-corrected chi connectivity index (χ0v) is 15.7. The molecule has 138 valence electrons. The number of nitrogens with zero attached hydrogens (tertiary/aromatic N) is 3. The number of aromatic nitrogens is 3. The van der Waals surface area contributed by atoms with Crippen molar-refractivity contribution in [2.45, 2.75) is 42.7 Å². The molecule has 0 unspecified atom stereocenters. The van der Waals surface area contributed by atoms with E-state index in [1.165, 1.54) is 30.4 Å². The normalized spacial score (nSPS) is 19.2. The van der Waals surface area contributed by atoms with Gasteiger partial charge >= 0.3 is 0 Å². The molecule has 7 heteroatoms. The smallest absolute Gasteiger partial charge is 0.241 e. The Balaban J connectivity index is 1.44. The highest BCUT2D eigenvalue weighted by molar-refractivity contribution is 7.99. The van der Waals surface area contributed by atoms with E-state index in [-0.39, 0.29) is 5.91 Å². The van der Waals surface area contributed by atoms with Gasteiger partial charge in [0.2, 0.25) is 5.91 Å². The second kappa shape index (κ2) is 7.80. The number of rotatable bonds is 6. The number of fused-ring (bicyclic) bond motifs is 1. The first kappa shape index (κ1) is 17.5. The van der Waals surface area contributed by atoms with Crippen LogP contribution >= 0.6 is 11.8 Å². The van der Waals surface area contributed by atoms with Crippen LogP contribution in [0.4, 0.5) is 0 Å². The van der Waals surface area contributed by atoms with Gasteiger partial charge in [-0.2, -0.15) is 10.3 Å². The first-order chi connectivity index (χ1) is 12.8. The number of hydrogen-bond acceptors (Lipinski definition) is 5. The molecule has 6 nitrogen and oxygen atoms in total. The molecule has 4 rings (SSSR count). The molecule has 2 N–H and O–H groups in total. The van der Waals surface area contributed by atoms with Crippen LogP contribution in [-0.4, -0.2) is 57.1 Å². The van der Waals surface area contributed by atoms with Crippen LogP contribution in [0.3, 0.4) is 0 Å². The van der Waals surface area contributed by atoms with Crippen LogP contribution in [0.25, 0.3) is 0 Å². The zero-order valence-electron chi connectivity index (χ0n) is 14.9. The van der Waals surface area contributed by atoms with Crippen molar-refractivity contribution in [3.8, 4) is 0 Å². The van der Waals surface area contributed by atoms with Crippen molar-refractivity contribution < 1.29 is 4.79 Å². The van der Waals surface area contributed by atoms with Crippen LogP contribution in [0.1, 0.15) is 30.4 Å². The minimum absolute atomic E-state index is 0.177. The van der Waals surface area contributed by atoms with E-state index in [2.05, 4.69) is 49.9 Å². The molecule has 1 aromatic heterocycles. The molecule has 26 heavy (non-hydrogen) atoms. The van der Waals surface area contributed by atoms with Gasteiger partial charge in [-0.1, -0.05) is 30.7 Å². The Bertz CT molecular complexity index is 717. The van der Waals surface area contributed by atoms with Gasteiger partial charge in [0.05, 0.1) is 6.20 Å². The molecule has 2 heterocycles. The van der Waals surface area contributed by atoms with E-state index in [0.29, 0.717) is 6.54 Å². The van der Waals surface area contributed by atoms with Crippen molar-refractivity contribution in [2.24, 2.45) is 0 Å². The maximum absolute atomic E-state index is 13.3. The van der Waals surface area contributed by atoms with Gasteiger partial charge in [0.1, 0.15) is 10.6 Å². The number of aromatic amines is 1. The van der Waals surface area contributed by atoms with E-state index in [4.69, 9.17) is 0 Å². The molecule has 0 bridgehead atoms. The summed E-state index contributed by atoms with van der Waals surface area (Å²) in [5.74, 6) is 0.970. The molecule has 1 aromatic carbocycles. The summed E-state index contributed by atoms with van der Waals surface area (Å²) in [4.78, 5) is 15.7. The summed E-state index contributed by atoms with van der Waals surface area (Å²) < 4.78 is 0. The van der Waals surface area contributed by atoms with Crippen molar-refractivity contribution in [3.05, 3.63) is 41.6 Å². The van der Waals surface area contributed by atoms with Gasteiger partial charge in [0.25, 0.3) is 0 Å². The number of carbonyl (C=O) groups excluding carboxylic acids is 1. The van der Waals surface area contributed by atoms with Crippen molar-refractivity contribution in [3.63, 3.8) is 0 Å². The highest BCUT2D eigenvalue weighted by Crippen LogP contribution is 2.36. The zero-order chi connectivity index (χ0) is 17.8. The Labute approximate surface area is 158 Å². The Kier molecular flexibility index (Phi) is 5.26. The molecule has 0 atom stereocenters. The molecule has 1 amide bonds. The molecule has 0 saturated carbocycles. The van der Waals surface area contributed by atoms with Crippen LogP contribution in [0.15, 0.2) is 35.5 Å². The van der Waals surface area contributed by atoms with Crippen molar-refractivity contribution >= 4 is 17.7 Å². The topological polar surface area (TPSA) is 73.9 Å². The van der Waals surface area contributed by atoms with Crippen molar-refractivity contribution in [1.29, 1.82) is 0 Å². The van der Waals surface area contributed by atoms with E-state index in [1.54, 1.807) is 18.0 Å². The number of likely N-dealkylation sites (tertiary alicyclic amines) is 1. The molecule has 0 spiro atoms. The van der Waals surface area contributed by atoms with Gasteiger partial charge in [-0.05, 0) is 37.1 Å². The number of benzene rings is 1. The molecule has 1 aliphatic heterocycles. The third-order valence-corrected chi connectivity index (χ3v) is 6.40. The summed E-state index contributed by atoms with van der Waals surface area (Å²) in [6.45, 7) is 2.69. The second-order valence-corrected chi connectivity index (χ2v) is 8.23. The van der Waals surface area contributed by atoms with Crippen LogP contribution in [0.5, 0.6) is 0 Å². The van der Waals surface area contributed by atoms with Crippen molar-refractivity contribution in [1.82, 2.24) is 25.6 Å². The number of amides is 1. The fraction of sp³-hybridized carbons (Fsp3) is 0.526. The maximum Gasteiger partial charge on any atom is 0.241 e. The quantitative estimate of drug-likeness (QED) is 0.600. The van der Waals surface area contributed by atoms with Crippen LogP contribution in [0, 0.1) is 0 Å². The number of carbonyl (C=O) groups is 1. The van der Waals surface area contributed by atoms with E-state index in [1.807, 2.05) is 0 Å². The SMILES string of the molecule is O=C(NCCSc1cn[nH]n1)C1(N2CCCCC2)Cc2ccccc2C1. The first-order valence-corrected chi connectivity index (χ1v) is 10.4. The summed E-state index contributed by atoms with van der Waals surface area (Å²) in [5, 5.41) is 14.5. The first-order valence-electron chi connectivity index (χ1n) is 9.37. The van der Waals surface area contributed by atoms with E-state index < -0.39 is 5.54 Å². The fourth-order valence-corrected chi connectivity index (χ4v) is 4.84. The lowest BCUT2D eigenvalue weighted by Gasteiger charge is -2.42. The number of H-pyrrole nitrogens is 1. The second-order valence-electron chi connectivity index (χ2n) is 7.11. The Hall–Kier alpha value is -1.86. The van der Waals surface area contributed by atoms with Gasteiger partial charge in [0.15, 0.2) is 0 Å². The molecular weight excluding hydrogens is 346 g/mol. The minimum Gasteiger partial charge on any atom is -0.354 e. The summed E-state index contributed by atoms with van der Waals surface area (Å²) in [6, 6.07) is 8.51. The Morgan fingerprint density at radius 3 is 2.58 bits per heavy atom. The fourth-order valence-electron chi connectivity index (χ4n) is 4.19. The van der Waals surface area contributed by atoms with Crippen LogP contribution < -0.4 is 5.32 Å². The van der Waals surface area contributed by atoms with Crippen molar-refractivity contribution in [2.75, 3.05) is 25.4 Å². The lowest BCUT2D eigenvalue weighted by Crippen LogP contribution is -2.61. The highest BCUT2D eigenvalue weighted by atomic mass is 32.2. The van der Waals surface area contributed by atoms with E-state index in [9.17, 15) is 4.79 Å². The molecule has 0 radical (unpaired) electrons. The number of piperidine rings is 1. The predicted octanol–water partition coefficient (Wildman–Crippen LogP) is 2.04. The number of thioether (sulfide) groups is 1. The maximum atomic E-state index is 13.3. The summed E-state index contributed by atoms with van der Waals surface area (Å²) in [5.41, 5.74) is 2.23. The number of nitrogens with one attached hydrogen (secondary N) is 2. The largest absolute Gasteiger partial charge is 0.354 e. The lowest BCUT2D eigenvalue weighted by molar-refractivity contribution is -0.134. The molecular formula is C19H25N5OS. The highest BCUT2D eigenvalue weighted by Gasteiger charge is 2.48. The van der Waals surface area contributed by atoms with Crippen LogP contribution in [0.2, 0.25) is 0 Å². The minimum atomic E-state index is -0.414. The third kappa shape index (κ3) is 3.50. The standard InChI is InChI=1S/C19H25N5OS/c25-18(20-8-11-26-17-14-21-23-22-17)19(24-9-4-1-5-10-24)12-15-6-2-3-7-16(15)13-19/h2-3,6-7,14H,1,4-5,8-13H2,(H,20,25)(H,21,22,23). The third-order valence-electron chi connectivity index (χ3n) is 5.50. The predicted molar refractivity (Wildman–Crippen MR) is 102 cm³/mol. The lowest BCUT2D eigenvalue weighted by atomic mass is 9.89. The number of hydrogen-bond donors (Lipinski definition) is 2. The summed E-state index contributed by atoms with van der Waals surface area (Å²) in [6.07, 6.45) is 7.00. The molecule has 2 aliphatic rings. The van der Waals surface area contributed by atoms with Gasteiger partial charge in [-0.15, -0.1) is 16.9 Å². The van der Waals surface area contributed by atoms with Gasteiger partial charge in [0, 0.05) is 25.1 Å². The van der Waals surface area contributed by atoms with E-state index >= 15 is 0 Å². The summed E-state index contributed by atoms with van der Waals surface area (Å²) in [7, 11) is 0. The Morgan fingerprint density at radius 2 is 1.92 bits per heavy atom. The monoisotopic (exact) mass is 371 g/mol. The molecule has 1 saturated heterocycles.